The third kappa shape index (κ3) is 4.27. The van der Waals surface area contributed by atoms with Crippen molar-refractivity contribution in [3.63, 3.8) is 0 Å². The summed E-state index contributed by atoms with van der Waals surface area (Å²) >= 11 is 0. The van der Waals surface area contributed by atoms with Crippen LogP contribution >= 0.6 is 0 Å². The van der Waals surface area contributed by atoms with E-state index in [-0.39, 0.29) is 23.7 Å². The molecule has 134 valence electrons. The first-order chi connectivity index (χ1) is 11.6. The summed E-state index contributed by atoms with van der Waals surface area (Å²) in [5, 5.41) is 11.1. The van der Waals surface area contributed by atoms with Crippen LogP contribution in [0.15, 0.2) is 12.1 Å². The Morgan fingerprint density at radius 3 is 2.38 bits per heavy atom. The van der Waals surface area contributed by atoms with Crippen molar-refractivity contribution in [3.8, 4) is 17.2 Å². The van der Waals surface area contributed by atoms with Gasteiger partial charge in [-0.15, -0.1) is 0 Å². The number of nitro groups is 1. The van der Waals surface area contributed by atoms with E-state index in [0.717, 1.165) is 0 Å². The molecule has 1 unspecified atom stereocenters. The monoisotopic (exact) mass is 341 g/mol. The minimum atomic E-state index is -0.345. The summed E-state index contributed by atoms with van der Waals surface area (Å²) in [6.45, 7) is 0.910. The molecule has 1 saturated heterocycles. The van der Waals surface area contributed by atoms with Gasteiger partial charge in [-0.05, 0) is 18.9 Å². The molecule has 0 amide bonds. The molecular formula is C16H23NO7. The van der Waals surface area contributed by atoms with Crippen molar-refractivity contribution in [2.45, 2.75) is 25.0 Å². The Morgan fingerprint density at radius 1 is 1.17 bits per heavy atom. The maximum absolute atomic E-state index is 11.1. The van der Waals surface area contributed by atoms with Crippen LogP contribution in [0.5, 0.6) is 17.2 Å². The van der Waals surface area contributed by atoms with Crippen molar-refractivity contribution in [1.29, 1.82) is 0 Å². The van der Waals surface area contributed by atoms with Crippen molar-refractivity contribution in [2.75, 3.05) is 41.1 Å². The molecule has 0 radical (unpaired) electrons. The molecule has 1 heterocycles. The minimum absolute atomic E-state index is 0.210. The van der Waals surface area contributed by atoms with Crippen molar-refractivity contribution in [2.24, 2.45) is 0 Å². The third-order valence-corrected chi connectivity index (χ3v) is 3.99. The average Bonchev–Trinajstić information content (AvgIpc) is 3.10. The Balaban J connectivity index is 2.28. The maximum Gasteiger partial charge on any atom is 0.210 e. The lowest BCUT2D eigenvalue weighted by molar-refractivity contribution is -0.483. The molecule has 0 bridgehead atoms. The van der Waals surface area contributed by atoms with Gasteiger partial charge in [0.15, 0.2) is 17.8 Å². The van der Waals surface area contributed by atoms with Crippen LogP contribution in [0.4, 0.5) is 0 Å². The molecule has 1 fully saturated rings. The molecule has 2 rings (SSSR count). The molecule has 0 saturated carbocycles. The van der Waals surface area contributed by atoms with Crippen molar-refractivity contribution < 1.29 is 28.6 Å². The van der Waals surface area contributed by atoms with E-state index in [9.17, 15) is 10.1 Å². The summed E-state index contributed by atoms with van der Waals surface area (Å²) in [7, 11) is 4.54. The van der Waals surface area contributed by atoms with Gasteiger partial charge in [0.05, 0.1) is 40.5 Å². The van der Waals surface area contributed by atoms with Gasteiger partial charge in [0.25, 0.3) is 0 Å². The highest BCUT2D eigenvalue weighted by molar-refractivity contribution is 5.56. The Morgan fingerprint density at radius 2 is 1.83 bits per heavy atom. The van der Waals surface area contributed by atoms with E-state index in [1.807, 2.05) is 0 Å². The summed E-state index contributed by atoms with van der Waals surface area (Å²) in [6, 6.07) is 3.51. The molecule has 0 N–H and O–H groups in total. The summed E-state index contributed by atoms with van der Waals surface area (Å²) in [4.78, 5) is 10.8. The van der Waals surface area contributed by atoms with E-state index in [2.05, 4.69) is 0 Å². The van der Waals surface area contributed by atoms with E-state index in [1.165, 1.54) is 21.3 Å². The molecule has 8 heteroatoms. The molecular weight excluding hydrogens is 318 g/mol. The summed E-state index contributed by atoms with van der Waals surface area (Å²) in [6.07, 6.45) is 0.818. The highest BCUT2D eigenvalue weighted by Gasteiger charge is 2.27. The zero-order chi connectivity index (χ0) is 17.5. The van der Waals surface area contributed by atoms with Gasteiger partial charge in [-0.2, -0.15) is 0 Å². The van der Waals surface area contributed by atoms with Crippen LogP contribution in [-0.2, 0) is 9.47 Å². The van der Waals surface area contributed by atoms with Crippen LogP contribution in [0.2, 0.25) is 0 Å². The Bertz CT molecular complexity index is 558. The average molecular weight is 341 g/mol. The molecule has 1 aliphatic heterocycles. The van der Waals surface area contributed by atoms with Gasteiger partial charge in [-0.1, -0.05) is 6.07 Å². The number of nitrogens with zero attached hydrogens (tertiary/aromatic N) is 1. The third-order valence-electron chi connectivity index (χ3n) is 3.99. The molecule has 0 aliphatic carbocycles. The van der Waals surface area contributed by atoms with Gasteiger partial charge in [0.1, 0.15) is 0 Å². The molecule has 24 heavy (non-hydrogen) atoms. The smallest absolute Gasteiger partial charge is 0.210 e. The van der Waals surface area contributed by atoms with Gasteiger partial charge >= 0.3 is 0 Å². The predicted octanol–water partition coefficient (Wildman–Crippen LogP) is 2.23. The molecule has 0 aromatic heterocycles. The van der Waals surface area contributed by atoms with Crippen LogP contribution in [0.1, 0.15) is 24.3 Å². The fourth-order valence-electron chi connectivity index (χ4n) is 2.88. The van der Waals surface area contributed by atoms with Gasteiger partial charge in [0, 0.05) is 10.5 Å². The highest BCUT2D eigenvalue weighted by atomic mass is 16.7. The minimum Gasteiger partial charge on any atom is -0.493 e. The topological polar surface area (TPSA) is 89.3 Å². The van der Waals surface area contributed by atoms with Gasteiger partial charge in [-0.25, -0.2) is 0 Å². The lowest BCUT2D eigenvalue weighted by atomic mass is 9.92. The molecule has 0 spiro atoms. The van der Waals surface area contributed by atoms with Crippen LogP contribution in [0.3, 0.4) is 0 Å². The number of benzene rings is 1. The first-order valence-electron chi connectivity index (χ1n) is 7.74. The van der Waals surface area contributed by atoms with Crippen LogP contribution < -0.4 is 14.2 Å². The number of hydrogen-bond acceptors (Lipinski definition) is 7. The van der Waals surface area contributed by atoms with E-state index < -0.39 is 0 Å². The number of rotatable bonds is 9. The molecule has 1 aromatic carbocycles. The Hall–Kier alpha value is -2.06. The Kier molecular flexibility index (Phi) is 6.62. The summed E-state index contributed by atoms with van der Waals surface area (Å²) in [5.74, 6) is 1.05. The number of methoxy groups -OCH3 is 3. The van der Waals surface area contributed by atoms with Crippen LogP contribution in [0, 0.1) is 10.1 Å². The second-order valence-electron chi connectivity index (χ2n) is 5.38. The normalized spacial score (nSPS) is 16.0. The van der Waals surface area contributed by atoms with Crippen LogP contribution in [-0.4, -0.2) is 52.3 Å². The maximum atomic E-state index is 11.1. The first-order valence-corrected chi connectivity index (χ1v) is 7.74. The fourth-order valence-corrected chi connectivity index (χ4v) is 2.88. The van der Waals surface area contributed by atoms with E-state index in [1.54, 1.807) is 12.1 Å². The molecule has 1 aromatic rings. The zero-order valence-electron chi connectivity index (χ0n) is 14.1. The zero-order valence-corrected chi connectivity index (χ0v) is 14.1. The number of hydrogen-bond donors (Lipinski definition) is 0. The second-order valence-corrected chi connectivity index (χ2v) is 5.38. The lowest BCUT2D eigenvalue weighted by Gasteiger charge is -2.21. The predicted molar refractivity (Wildman–Crippen MR) is 85.6 cm³/mol. The van der Waals surface area contributed by atoms with E-state index >= 15 is 0 Å². The molecule has 1 atom stereocenters. The molecule has 1 aliphatic rings. The SMILES string of the molecule is COc1ccc(C(CCC2OCCO2)C[N+](=O)[O-])c(OC)c1OC. The van der Waals surface area contributed by atoms with E-state index in [4.69, 9.17) is 23.7 Å². The van der Waals surface area contributed by atoms with Gasteiger partial charge in [-0.3, -0.25) is 10.1 Å². The van der Waals surface area contributed by atoms with Crippen molar-refractivity contribution >= 4 is 0 Å². The van der Waals surface area contributed by atoms with Crippen LogP contribution in [0.25, 0.3) is 0 Å². The second kappa shape index (κ2) is 8.70. The van der Waals surface area contributed by atoms with Crippen molar-refractivity contribution in [1.82, 2.24) is 0 Å². The van der Waals surface area contributed by atoms with Gasteiger partial charge < -0.3 is 23.7 Å². The fraction of sp³-hybridized carbons (Fsp3) is 0.625. The largest absolute Gasteiger partial charge is 0.493 e. The van der Waals surface area contributed by atoms with Crippen molar-refractivity contribution in [3.05, 3.63) is 27.8 Å². The number of ether oxygens (including phenoxy) is 5. The summed E-state index contributed by atoms with van der Waals surface area (Å²) < 4.78 is 26.9. The molecule has 8 nitrogen and oxygen atoms in total. The standard InChI is InChI=1S/C16H23NO7/c1-20-13-6-5-12(15(21-2)16(13)22-3)11(10-17(18)19)4-7-14-23-8-9-24-14/h5-6,11,14H,4,7-10H2,1-3H3. The highest BCUT2D eigenvalue weighted by Crippen LogP contribution is 2.43. The Labute approximate surface area is 140 Å². The van der Waals surface area contributed by atoms with E-state index in [0.29, 0.717) is 48.9 Å². The summed E-state index contributed by atoms with van der Waals surface area (Å²) in [5.41, 5.74) is 0.713. The quantitative estimate of drug-likeness (QED) is 0.502. The lowest BCUT2D eigenvalue weighted by Crippen LogP contribution is -2.17. The van der Waals surface area contributed by atoms with Gasteiger partial charge in [0.2, 0.25) is 12.3 Å². The first kappa shape index (κ1) is 18.3.